The van der Waals surface area contributed by atoms with E-state index in [0.29, 0.717) is 6.42 Å². The fourth-order valence-electron chi connectivity index (χ4n) is 8.21. The van der Waals surface area contributed by atoms with E-state index in [1.807, 2.05) is 6.92 Å². The van der Waals surface area contributed by atoms with Crippen molar-refractivity contribution in [3.63, 3.8) is 0 Å². The molecule has 0 aromatic carbocycles. The predicted octanol–water partition coefficient (Wildman–Crippen LogP) is 1.44. The Bertz CT molecular complexity index is 1140. The van der Waals surface area contributed by atoms with Gasteiger partial charge in [0.25, 0.3) is 0 Å². The standard InChI is InChI=1S/C36H65NO13/c1-13-24-36(10,44)29(40)19(4)26(38)17(2)15-34(8,43)31(50-33-27(39)23(37-11)14-18(3)46-33)20(5)28(21(6)32(42)48-24)49-25-16-35(9,45-12)30(41)22(7)47-25/h17-25,27-31,33,37,39-41,43-44H,13-16H2,1-12H3/t17-,18-,19+,20+,21-,22+,23+,24?,25+,27-,28+,29-,30+,31-,33+,34-,35-,36-/m1/s1. The van der Waals surface area contributed by atoms with Crippen LogP contribution in [0.4, 0.5) is 0 Å². The Kier molecular flexibility index (Phi) is 14.5. The molecule has 0 bridgehead atoms. The Balaban J connectivity index is 2.17. The first-order valence-electron chi connectivity index (χ1n) is 18.1. The highest BCUT2D eigenvalue weighted by Gasteiger charge is 2.53. The lowest BCUT2D eigenvalue weighted by Crippen LogP contribution is -2.61. The normalized spacial score (nSPS) is 50.4. The minimum absolute atomic E-state index is 0.0929. The maximum atomic E-state index is 14.0. The number of ketones is 1. The Morgan fingerprint density at radius 1 is 0.900 bits per heavy atom. The van der Waals surface area contributed by atoms with Crippen LogP contribution in [0.25, 0.3) is 0 Å². The molecule has 0 saturated carbocycles. The number of hydrogen-bond acceptors (Lipinski definition) is 14. The third kappa shape index (κ3) is 9.07. The highest BCUT2D eigenvalue weighted by Crippen LogP contribution is 2.40. The molecule has 6 N–H and O–H groups in total. The molecule has 14 heteroatoms. The van der Waals surface area contributed by atoms with Crippen LogP contribution in [0.1, 0.15) is 94.9 Å². The molecule has 0 aliphatic carbocycles. The fraction of sp³-hybridized carbons (Fsp3) is 0.944. The zero-order chi connectivity index (χ0) is 38.1. The van der Waals surface area contributed by atoms with Gasteiger partial charge in [-0.15, -0.1) is 0 Å². The van der Waals surface area contributed by atoms with Crippen molar-refractivity contribution in [1.29, 1.82) is 0 Å². The van der Waals surface area contributed by atoms with Crippen molar-refractivity contribution in [2.45, 2.75) is 179 Å². The van der Waals surface area contributed by atoms with E-state index in [1.165, 1.54) is 27.9 Å². The maximum absolute atomic E-state index is 14.0. The second-order valence-corrected chi connectivity index (χ2v) is 15.8. The fourth-order valence-corrected chi connectivity index (χ4v) is 8.21. The van der Waals surface area contributed by atoms with E-state index in [4.69, 9.17) is 28.4 Å². The summed E-state index contributed by atoms with van der Waals surface area (Å²) in [6, 6.07) is -0.375. The van der Waals surface area contributed by atoms with Gasteiger partial charge in [0, 0.05) is 37.3 Å². The minimum atomic E-state index is -1.99. The number of rotatable bonds is 7. The van der Waals surface area contributed by atoms with Crippen LogP contribution < -0.4 is 5.32 Å². The molecule has 0 spiro atoms. The molecule has 0 radical (unpaired) electrons. The van der Waals surface area contributed by atoms with Crippen LogP contribution in [0.2, 0.25) is 0 Å². The monoisotopic (exact) mass is 719 g/mol. The molecule has 0 aromatic rings. The average molecular weight is 720 g/mol. The van der Waals surface area contributed by atoms with Gasteiger partial charge in [0.15, 0.2) is 12.6 Å². The van der Waals surface area contributed by atoms with E-state index in [-0.39, 0.29) is 31.4 Å². The van der Waals surface area contributed by atoms with E-state index in [2.05, 4.69) is 5.32 Å². The lowest BCUT2D eigenvalue weighted by Gasteiger charge is -2.48. The average Bonchev–Trinajstić information content (AvgIpc) is 3.05. The summed E-state index contributed by atoms with van der Waals surface area (Å²) in [5.74, 6) is -4.98. The predicted molar refractivity (Wildman–Crippen MR) is 182 cm³/mol. The van der Waals surface area contributed by atoms with Gasteiger partial charge in [-0.2, -0.15) is 0 Å². The van der Waals surface area contributed by atoms with Gasteiger partial charge in [0.05, 0.1) is 47.6 Å². The number of esters is 1. The SMILES string of the molecule is CCC1OC(=O)[C@H](C)[C@@H](O[C@H]2C[C@@](C)(OC)[C@@H](O)[C@H](C)O2)[C@H](C)[C@@H](O[C@@H]2O[C@H](C)C[C@H](NC)[C@H]2O)[C@](C)(O)C[C@@H](C)C(=O)[C@H](C)[C@@H](O)[C@]1(C)O. The molecule has 3 heterocycles. The summed E-state index contributed by atoms with van der Waals surface area (Å²) in [4.78, 5) is 27.8. The molecular weight excluding hydrogens is 654 g/mol. The van der Waals surface area contributed by atoms with Crippen molar-refractivity contribution in [1.82, 2.24) is 5.32 Å². The number of hydrogen-bond donors (Lipinski definition) is 6. The largest absolute Gasteiger partial charge is 0.459 e. The van der Waals surface area contributed by atoms with Crippen molar-refractivity contribution in [3.8, 4) is 0 Å². The number of nitrogens with one attached hydrogen (secondary N) is 1. The van der Waals surface area contributed by atoms with Crippen LogP contribution in [0.5, 0.6) is 0 Å². The Labute approximate surface area is 297 Å². The van der Waals surface area contributed by atoms with E-state index < -0.39 is 108 Å². The number of ether oxygens (including phenoxy) is 6. The number of methoxy groups -OCH3 is 1. The van der Waals surface area contributed by atoms with Crippen molar-refractivity contribution in [2.75, 3.05) is 14.2 Å². The lowest BCUT2D eigenvalue weighted by molar-refractivity contribution is -0.316. The van der Waals surface area contributed by atoms with Gasteiger partial charge in [-0.05, 0) is 67.9 Å². The third-order valence-corrected chi connectivity index (χ3v) is 11.6. The minimum Gasteiger partial charge on any atom is -0.459 e. The van der Waals surface area contributed by atoms with E-state index in [1.54, 1.807) is 48.6 Å². The lowest BCUT2D eigenvalue weighted by atomic mass is 9.74. The highest BCUT2D eigenvalue weighted by atomic mass is 16.7. The van der Waals surface area contributed by atoms with Crippen molar-refractivity contribution in [2.24, 2.45) is 23.7 Å². The summed E-state index contributed by atoms with van der Waals surface area (Å²) in [7, 11) is 3.20. The Hall–Kier alpha value is -1.30. The number of carbonyl (C=O) groups excluding carboxylic acids is 2. The van der Waals surface area contributed by atoms with Crippen LogP contribution in [0, 0.1) is 23.7 Å². The molecule has 3 saturated heterocycles. The number of likely N-dealkylation sites (N-methyl/N-ethyl adjacent to an activating group) is 1. The number of aliphatic hydroxyl groups is 5. The van der Waals surface area contributed by atoms with Crippen LogP contribution in [0.3, 0.4) is 0 Å². The second kappa shape index (κ2) is 16.8. The Morgan fingerprint density at radius 2 is 1.52 bits per heavy atom. The number of cyclic esters (lactones) is 1. The van der Waals surface area contributed by atoms with Crippen LogP contribution in [0.15, 0.2) is 0 Å². The Morgan fingerprint density at radius 3 is 2.08 bits per heavy atom. The van der Waals surface area contributed by atoms with Crippen molar-refractivity contribution in [3.05, 3.63) is 0 Å². The highest BCUT2D eigenvalue weighted by molar-refractivity contribution is 5.83. The van der Waals surface area contributed by atoms with Gasteiger partial charge in [0.2, 0.25) is 0 Å². The molecule has 14 nitrogen and oxygen atoms in total. The summed E-state index contributed by atoms with van der Waals surface area (Å²) >= 11 is 0. The maximum Gasteiger partial charge on any atom is 0.311 e. The number of aliphatic hydroxyl groups excluding tert-OH is 3. The first-order chi connectivity index (χ1) is 23.1. The van der Waals surface area contributed by atoms with Crippen LogP contribution in [-0.2, 0) is 38.0 Å². The molecule has 292 valence electrons. The van der Waals surface area contributed by atoms with Gasteiger partial charge in [0.1, 0.15) is 29.7 Å². The molecule has 0 aromatic heterocycles. The molecule has 0 amide bonds. The summed E-state index contributed by atoms with van der Waals surface area (Å²) in [5.41, 5.74) is -4.84. The molecule has 50 heavy (non-hydrogen) atoms. The molecular formula is C36H65NO13. The van der Waals surface area contributed by atoms with Crippen molar-refractivity contribution >= 4 is 11.8 Å². The molecule has 18 atom stereocenters. The summed E-state index contributed by atoms with van der Waals surface area (Å²) < 4.78 is 36.9. The zero-order valence-corrected chi connectivity index (χ0v) is 32.0. The van der Waals surface area contributed by atoms with Crippen LogP contribution in [-0.4, -0.2) is 136 Å². The molecule has 3 rings (SSSR count). The first-order valence-corrected chi connectivity index (χ1v) is 18.1. The summed E-state index contributed by atoms with van der Waals surface area (Å²) in [6.45, 7) is 16.3. The molecule has 1 unspecified atom stereocenters. The van der Waals surface area contributed by atoms with Gasteiger partial charge in [-0.1, -0.05) is 27.7 Å². The van der Waals surface area contributed by atoms with Gasteiger partial charge >= 0.3 is 5.97 Å². The van der Waals surface area contributed by atoms with Gasteiger partial charge < -0.3 is 59.3 Å². The summed E-state index contributed by atoms with van der Waals surface area (Å²) in [6.07, 6.45) is -9.76. The molecule has 3 aliphatic rings. The molecule has 3 fully saturated rings. The molecule has 3 aliphatic heterocycles. The van der Waals surface area contributed by atoms with Gasteiger partial charge in [-0.25, -0.2) is 0 Å². The zero-order valence-electron chi connectivity index (χ0n) is 32.0. The second-order valence-electron chi connectivity index (χ2n) is 15.8. The quantitative estimate of drug-likeness (QED) is 0.206. The van der Waals surface area contributed by atoms with E-state index in [9.17, 15) is 35.1 Å². The number of carbonyl (C=O) groups is 2. The first kappa shape index (κ1) is 43.1. The van der Waals surface area contributed by atoms with Gasteiger partial charge in [-0.3, -0.25) is 9.59 Å². The smallest absolute Gasteiger partial charge is 0.311 e. The topological polar surface area (TPSA) is 203 Å². The summed E-state index contributed by atoms with van der Waals surface area (Å²) in [5, 5.41) is 60.4. The number of Topliss-reactive ketones (excluding diaryl/α,β-unsaturated/α-hetero) is 1. The van der Waals surface area contributed by atoms with Crippen LogP contribution >= 0.6 is 0 Å². The van der Waals surface area contributed by atoms with E-state index in [0.717, 1.165) is 0 Å². The van der Waals surface area contributed by atoms with E-state index >= 15 is 0 Å². The van der Waals surface area contributed by atoms with Crippen molar-refractivity contribution < 1.29 is 63.5 Å². The third-order valence-electron chi connectivity index (χ3n) is 11.6.